The number of nitrogens with zero attached hydrogens (tertiary/aromatic N) is 4. The maximum atomic E-state index is 6.12. The van der Waals surface area contributed by atoms with Crippen LogP contribution in [-0.4, -0.2) is 19.9 Å². The zero-order valence-electron chi connectivity index (χ0n) is 22.7. The SMILES string of the molecule is Clc1ccc(-c2ccc(-c3nc(C45CC6CC(CC(C6)C4)C5)nc(C45CC6CC(CC(C6)C4)C5)n3)cn2)cc1. The minimum Gasteiger partial charge on any atom is -0.255 e. The summed E-state index contributed by atoms with van der Waals surface area (Å²) in [5, 5.41) is 0.745. The zero-order chi connectivity index (χ0) is 25.8. The molecule has 0 unspecified atom stereocenters. The summed E-state index contributed by atoms with van der Waals surface area (Å²) in [5.41, 5.74) is 3.38. The molecule has 8 aliphatic rings. The quantitative estimate of drug-likeness (QED) is 0.337. The van der Waals surface area contributed by atoms with Crippen LogP contribution in [0, 0.1) is 35.5 Å². The Morgan fingerprint density at radius 2 is 0.974 bits per heavy atom. The van der Waals surface area contributed by atoms with Gasteiger partial charge in [0.25, 0.3) is 0 Å². The summed E-state index contributed by atoms with van der Waals surface area (Å²) < 4.78 is 0. The molecule has 8 aliphatic carbocycles. The lowest BCUT2D eigenvalue weighted by molar-refractivity contribution is -0.0155. The maximum Gasteiger partial charge on any atom is 0.164 e. The molecule has 8 bridgehead atoms. The van der Waals surface area contributed by atoms with Gasteiger partial charge in [-0.15, -0.1) is 0 Å². The van der Waals surface area contributed by atoms with E-state index in [4.69, 9.17) is 31.5 Å². The Balaban J connectivity index is 1.15. The van der Waals surface area contributed by atoms with E-state index in [9.17, 15) is 0 Å². The van der Waals surface area contributed by atoms with Gasteiger partial charge >= 0.3 is 0 Å². The van der Waals surface area contributed by atoms with Crippen molar-refractivity contribution in [3.05, 3.63) is 59.3 Å². The first-order valence-electron chi connectivity index (χ1n) is 15.5. The highest BCUT2D eigenvalue weighted by Crippen LogP contribution is 2.62. The van der Waals surface area contributed by atoms with Crippen LogP contribution in [0.2, 0.25) is 5.02 Å². The van der Waals surface area contributed by atoms with Crippen LogP contribution in [0.3, 0.4) is 0 Å². The van der Waals surface area contributed by atoms with Crippen LogP contribution < -0.4 is 0 Å². The fourth-order valence-electron chi connectivity index (χ4n) is 11.1. The molecular weight excluding hydrogens is 500 g/mol. The molecule has 8 saturated carbocycles. The minimum atomic E-state index is 0.167. The Hall–Kier alpha value is -2.33. The monoisotopic (exact) mass is 536 g/mol. The van der Waals surface area contributed by atoms with Gasteiger partial charge in [-0.1, -0.05) is 23.7 Å². The van der Waals surface area contributed by atoms with Crippen LogP contribution in [0.1, 0.15) is 88.7 Å². The number of rotatable bonds is 4. The van der Waals surface area contributed by atoms with Gasteiger partial charge in [0.2, 0.25) is 0 Å². The summed E-state index contributed by atoms with van der Waals surface area (Å²) in [4.78, 5) is 21.1. The van der Waals surface area contributed by atoms with Crippen LogP contribution in [0.5, 0.6) is 0 Å². The molecule has 0 N–H and O–H groups in total. The van der Waals surface area contributed by atoms with Crippen molar-refractivity contribution in [2.45, 2.75) is 87.9 Å². The van der Waals surface area contributed by atoms with E-state index in [2.05, 4.69) is 12.1 Å². The van der Waals surface area contributed by atoms with Gasteiger partial charge in [0, 0.05) is 33.2 Å². The Bertz CT molecular complexity index is 1300. The molecular formula is C34H37ClN4. The number of hydrogen-bond acceptors (Lipinski definition) is 4. The molecule has 39 heavy (non-hydrogen) atoms. The minimum absolute atomic E-state index is 0.167. The molecule has 0 radical (unpaired) electrons. The Kier molecular flexibility index (Phi) is 5.00. The second-order valence-electron chi connectivity index (χ2n) is 14.6. The zero-order valence-corrected chi connectivity index (χ0v) is 23.4. The van der Waals surface area contributed by atoms with Gasteiger partial charge in [-0.25, -0.2) is 15.0 Å². The fraction of sp³-hybridized carbons (Fsp3) is 0.588. The first-order chi connectivity index (χ1) is 19.0. The molecule has 0 amide bonds. The number of halogens is 1. The first-order valence-corrected chi connectivity index (χ1v) is 15.9. The van der Waals surface area contributed by atoms with E-state index < -0.39 is 0 Å². The lowest BCUT2D eigenvalue weighted by Crippen LogP contribution is -2.51. The molecule has 4 nitrogen and oxygen atoms in total. The Morgan fingerprint density at radius 3 is 1.38 bits per heavy atom. The summed E-state index contributed by atoms with van der Waals surface area (Å²) in [6.45, 7) is 0. The highest BCUT2D eigenvalue weighted by atomic mass is 35.5. The predicted molar refractivity (Wildman–Crippen MR) is 153 cm³/mol. The van der Waals surface area contributed by atoms with Gasteiger partial charge in [0.05, 0.1) is 5.69 Å². The third-order valence-electron chi connectivity index (χ3n) is 11.8. The topological polar surface area (TPSA) is 51.6 Å². The normalized spacial score (nSPS) is 39.4. The Labute approximate surface area is 236 Å². The van der Waals surface area contributed by atoms with Crippen molar-refractivity contribution in [3.63, 3.8) is 0 Å². The van der Waals surface area contributed by atoms with Gasteiger partial charge < -0.3 is 0 Å². The molecule has 5 heteroatoms. The van der Waals surface area contributed by atoms with E-state index in [0.717, 1.165) is 74.8 Å². The highest BCUT2D eigenvalue weighted by molar-refractivity contribution is 6.30. The van der Waals surface area contributed by atoms with Crippen molar-refractivity contribution in [1.29, 1.82) is 0 Å². The summed E-state index contributed by atoms with van der Waals surface area (Å²) in [6, 6.07) is 12.2. The molecule has 8 fully saturated rings. The van der Waals surface area contributed by atoms with E-state index in [1.54, 1.807) is 0 Å². The molecule has 0 aliphatic heterocycles. The van der Waals surface area contributed by atoms with Crippen LogP contribution in [-0.2, 0) is 10.8 Å². The van der Waals surface area contributed by atoms with Crippen molar-refractivity contribution in [1.82, 2.24) is 19.9 Å². The summed E-state index contributed by atoms with van der Waals surface area (Å²) in [5.74, 6) is 8.38. The Morgan fingerprint density at radius 1 is 0.538 bits per heavy atom. The van der Waals surface area contributed by atoms with E-state index in [-0.39, 0.29) is 10.8 Å². The van der Waals surface area contributed by atoms with Gasteiger partial charge in [0.1, 0.15) is 11.6 Å². The second-order valence-corrected chi connectivity index (χ2v) is 15.1. The smallest absolute Gasteiger partial charge is 0.164 e. The standard InChI is InChI=1S/C34H37ClN4/c35-28-4-1-26(2-5-28)29-6-3-27(19-36-29)30-37-31(33-13-20-7-21(14-33)9-22(8-20)15-33)39-32(38-30)34-16-23-10-24(17-34)12-25(11-23)18-34/h1-6,19-25H,7-18H2. The van der Waals surface area contributed by atoms with Crippen molar-refractivity contribution >= 4 is 11.6 Å². The third kappa shape index (κ3) is 3.76. The van der Waals surface area contributed by atoms with Gasteiger partial charge in [-0.05, 0) is 137 Å². The van der Waals surface area contributed by atoms with Crippen molar-refractivity contribution in [3.8, 4) is 22.6 Å². The first kappa shape index (κ1) is 23.4. The summed E-state index contributed by atoms with van der Waals surface area (Å²) in [6.07, 6.45) is 18.3. The van der Waals surface area contributed by atoms with Gasteiger partial charge in [-0.2, -0.15) is 0 Å². The van der Waals surface area contributed by atoms with E-state index in [1.165, 1.54) is 77.0 Å². The number of aromatic nitrogens is 4. The average Bonchev–Trinajstić information content (AvgIpc) is 2.92. The molecule has 3 aromatic rings. The van der Waals surface area contributed by atoms with Crippen LogP contribution in [0.25, 0.3) is 22.6 Å². The molecule has 0 atom stereocenters. The molecule has 2 aromatic heterocycles. The second kappa shape index (κ2) is 8.35. The van der Waals surface area contributed by atoms with Crippen LogP contribution in [0.4, 0.5) is 0 Å². The number of hydrogen-bond donors (Lipinski definition) is 0. The highest BCUT2D eigenvalue weighted by Gasteiger charge is 2.56. The van der Waals surface area contributed by atoms with Crippen molar-refractivity contribution in [2.75, 3.05) is 0 Å². The van der Waals surface area contributed by atoms with E-state index in [1.807, 2.05) is 30.5 Å². The van der Waals surface area contributed by atoms with Gasteiger partial charge in [0.15, 0.2) is 5.82 Å². The van der Waals surface area contributed by atoms with E-state index in [0.29, 0.717) is 0 Å². The number of benzene rings is 1. The summed E-state index contributed by atoms with van der Waals surface area (Å²) >= 11 is 6.12. The van der Waals surface area contributed by atoms with Crippen LogP contribution >= 0.6 is 11.6 Å². The summed E-state index contributed by atoms with van der Waals surface area (Å²) in [7, 11) is 0. The van der Waals surface area contributed by atoms with Gasteiger partial charge in [-0.3, -0.25) is 4.98 Å². The lowest BCUT2D eigenvalue weighted by Gasteiger charge is -2.57. The molecule has 200 valence electrons. The molecule has 0 saturated heterocycles. The van der Waals surface area contributed by atoms with E-state index >= 15 is 0 Å². The predicted octanol–water partition coefficient (Wildman–Crippen LogP) is 8.19. The molecule has 11 rings (SSSR count). The maximum absolute atomic E-state index is 6.12. The fourth-order valence-corrected chi connectivity index (χ4v) is 11.2. The largest absolute Gasteiger partial charge is 0.255 e. The molecule has 2 heterocycles. The van der Waals surface area contributed by atoms with Crippen molar-refractivity contribution < 1.29 is 0 Å². The average molecular weight is 537 g/mol. The van der Waals surface area contributed by atoms with Crippen LogP contribution in [0.15, 0.2) is 42.6 Å². The lowest BCUT2D eigenvalue weighted by atomic mass is 9.49. The molecule has 0 spiro atoms. The third-order valence-corrected chi connectivity index (χ3v) is 12.1. The number of pyridine rings is 1. The van der Waals surface area contributed by atoms with Crippen molar-refractivity contribution in [2.24, 2.45) is 35.5 Å². The molecule has 1 aromatic carbocycles.